The molecule has 2 aromatic rings. The van der Waals surface area contributed by atoms with Crippen molar-refractivity contribution in [1.82, 2.24) is 19.3 Å². The average Bonchev–Trinajstić information content (AvgIpc) is 2.78. The molecule has 0 unspecified atom stereocenters. The van der Waals surface area contributed by atoms with Crippen LogP contribution in [-0.2, 0) is 6.54 Å². The molecule has 0 aliphatic heterocycles. The Morgan fingerprint density at radius 3 is 2.82 bits per heavy atom. The van der Waals surface area contributed by atoms with Crippen LogP contribution >= 0.6 is 0 Å². The van der Waals surface area contributed by atoms with Crippen molar-refractivity contribution in [2.45, 2.75) is 13.5 Å². The van der Waals surface area contributed by atoms with E-state index in [-0.39, 0.29) is 5.56 Å². The summed E-state index contributed by atoms with van der Waals surface area (Å²) < 4.78 is 2.82. The van der Waals surface area contributed by atoms with Gasteiger partial charge in [-0.2, -0.15) is 10.4 Å². The summed E-state index contributed by atoms with van der Waals surface area (Å²) in [6, 6.07) is 1.72. The average molecular weight is 231 g/mol. The van der Waals surface area contributed by atoms with Gasteiger partial charge in [-0.05, 0) is 6.92 Å². The van der Waals surface area contributed by atoms with Gasteiger partial charge in [0.15, 0.2) is 0 Å². The minimum absolute atomic E-state index is 0.117. The lowest BCUT2D eigenvalue weighted by Crippen LogP contribution is -2.29. The van der Waals surface area contributed by atoms with E-state index in [9.17, 15) is 9.59 Å². The van der Waals surface area contributed by atoms with E-state index in [4.69, 9.17) is 5.26 Å². The summed E-state index contributed by atoms with van der Waals surface area (Å²) in [6.45, 7) is 2.58. The second-order valence-corrected chi connectivity index (χ2v) is 3.34. The van der Waals surface area contributed by atoms with Gasteiger partial charge in [-0.25, -0.2) is 4.79 Å². The molecule has 0 spiro atoms. The first-order valence-electron chi connectivity index (χ1n) is 4.94. The first-order chi connectivity index (χ1) is 8.15. The van der Waals surface area contributed by atoms with Gasteiger partial charge in [0.05, 0.1) is 11.9 Å². The van der Waals surface area contributed by atoms with Crippen LogP contribution in [0.15, 0.2) is 28.2 Å². The predicted octanol–water partition coefficient (Wildman–Crippen LogP) is -0.386. The standard InChI is InChI=1S/C10H9N5O2/c1-2-14-6-8(4-12-14)15-5-7(3-11)9(16)13-10(15)17/h4-6H,2H2,1H3,(H,13,16,17). The van der Waals surface area contributed by atoms with E-state index in [1.807, 2.05) is 6.92 Å². The zero-order chi connectivity index (χ0) is 12.4. The molecule has 7 nitrogen and oxygen atoms in total. The second kappa shape index (κ2) is 4.09. The third-order valence-corrected chi connectivity index (χ3v) is 2.28. The highest BCUT2D eigenvalue weighted by molar-refractivity contribution is 5.30. The van der Waals surface area contributed by atoms with Crippen molar-refractivity contribution in [2.24, 2.45) is 0 Å². The molecule has 0 aliphatic carbocycles. The van der Waals surface area contributed by atoms with Gasteiger partial charge in [0.1, 0.15) is 11.6 Å². The molecule has 0 amide bonds. The van der Waals surface area contributed by atoms with Crippen molar-refractivity contribution in [3.05, 3.63) is 45.0 Å². The van der Waals surface area contributed by atoms with Crippen molar-refractivity contribution < 1.29 is 0 Å². The van der Waals surface area contributed by atoms with Crippen LogP contribution in [0.4, 0.5) is 0 Å². The molecule has 0 bridgehead atoms. The number of hydrogen-bond donors (Lipinski definition) is 1. The highest BCUT2D eigenvalue weighted by Crippen LogP contribution is 2.02. The molecule has 86 valence electrons. The summed E-state index contributed by atoms with van der Waals surface area (Å²) in [7, 11) is 0. The minimum Gasteiger partial charge on any atom is -0.273 e. The quantitative estimate of drug-likeness (QED) is 0.761. The number of nitrogens with zero attached hydrogens (tertiary/aromatic N) is 4. The van der Waals surface area contributed by atoms with Crippen LogP contribution in [0.3, 0.4) is 0 Å². The molecule has 0 fully saturated rings. The summed E-state index contributed by atoms with van der Waals surface area (Å²) in [5, 5.41) is 12.7. The summed E-state index contributed by atoms with van der Waals surface area (Å²) in [6.07, 6.45) is 4.35. The van der Waals surface area contributed by atoms with Crippen molar-refractivity contribution in [3.63, 3.8) is 0 Å². The van der Waals surface area contributed by atoms with Crippen LogP contribution in [0.2, 0.25) is 0 Å². The Kier molecular flexibility index (Phi) is 2.62. The molecular formula is C10H9N5O2. The smallest absolute Gasteiger partial charge is 0.273 e. The van der Waals surface area contributed by atoms with Crippen LogP contribution < -0.4 is 11.2 Å². The highest BCUT2D eigenvalue weighted by Gasteiger charge is 2.07. The van der Waals surface area contributed by atoms with Crippen LogP contribution in [0, 0.1) is 11.3 Å². The number of aromatic amines is 1. The van der Waals surface area contributed by atoms with Gasteiger partial charge in [-0.3, -0.25) is 19.0 Å². The van der Waals surface area contributed by atoms with Gasteiger partial charge >= 0.3 is 5.69 Å². The molecular weight excluding hydrogens is 222 g/mol. The zero-order valence-corrected chi connectivity index (χ0v) is 9.04. The lowest BCUT2D eigenvalue weighted by atomic mass is 10.3. The number of aryl methyl sites for hydroxylation is 1. The maximum Gasteiger partial charge on any atom is 0.333 e. The maximum absolute atomic E-state index is 11.6. The van der Waals surface area contributed by atoms with E-state index in [0.717, 1.165) is 0 Å². The maximum atomic E-state index is 11.6. The summed E-state index contributed by atoms with van der Waals surface area (Å²) in [5.74, 6) is 0. The molecule has 1 N–H and O–H groups in total. The van der Waals surface area contributed by atoms with Gasteiger partial charge in [0.2, 0.25) is 0 Å². The highest BCUT2D eigenvalue weighted by atomic mass is 16.2. The number of hydrogen-bond acceptors (Lipinski definition) is 4. The van der Waals surface area contributed by atoms with E-state index in [1.165, 1.54) is 17.0 Å². The summed E-state index contributed by atoms with van der Waals surface area (Å²) >= 11 is 0. The van der Waals surface area contributed by atoms with E-state index in [1.54, 1.807) is 16.9 Å². The van der Waals surface area contributed by atoms with Crippen LogP contribution in [0.25, 0.3) is 5.69 Å². The van der Waals surface area contributed by atoms with Crippen molar-refractivity contribution in [1.29, 1.82) is 5.26 Å². The third kappa shape index (κ3) is 1.88. The first-order valence-corrected chi connectivity index (χ1v) is 4.94. The molecule has 2 heterocycles. The van der Waals surface area contributed by atoms with E-state index in [0.29, 0.717) is 12.2 Å². The fraction of sp³-hybridized carbons (Fsp3) is 0.200. The molecule has 0 saturated carbocycles. The molecule has 0 radical (unpaired) electrons. The van der Waals surface area contributed by atoms with Gasteiger partial charge in [-0.1, -0.05) is 0 Å². The van der Waals surface area contributed by atoms with E-state index >= 15 is 0 Å². The Hall–Kier alpha value is -2.62. The topological polar surface area (TPSA) is 96.5 Å². The Morgan fingerprint density at radius 1 is 1.47 bits per heavy atom. The summed E-state index contributed by atoms with van der Waals surface area (Å²) in [5.41, 5.74) is -0.889. The normalized spacial score (nSPS) is 10.1. The molecule has 0 aromatic carbocycles. The van der Waals surface area contributed by atoms with Crippen LogP contribution in [0.1, 0.15) is 12.5 Å². The number of nitrogens with one attached hydrogen (secondary N) is 1. The van der Waals surface area contributed by atoms with Gasteiger partial charge < -0.3 is 0 Å². The van der Waals surface area contributed by atoms with Crippen LogP contribution in [0.5, 0.6) is 0 Å². The lowest BCUT2D eigenvalue weighted by molar-refractivity contribution is 0.659. The minimum atomic E-state index is -0.684. The Labute approximate surface area is 95.6 Å². The first kappa shape index (κ1) is 10.9. The second-order valence-electron chi connectivity index (χ2n) is 3.34. The molecule has 0 saturated heterocycles. The van der Waals surface area contributed by atoms with Gasteiger partial charge in [0, 0.05) is 18.9 Å². The van der Waals surface area contributed by atoms with E-state index in [2.05, 4.69) is 10.1 Å². The number of nitriles is 1. The fourth-order valence-electron chi connectivity index (χ4n) is 1.39. The van der Waals surface area contributed by atoms with Crippen LogP contribution in [-0.4, -0.2) is 19.3 Å². The fourth-order valence-corrected chi connectivity index (χ4v) is 1.39. The van der Waals surface area contributed by atoms with Crippen molar-refractivity contribution in [3.8, 4) is 11.8 Å². The molecule has 0 atom stereocenters. The summed E-state index contributed by atoms with van der Waals surface area (Å²) in [4.78, 5) is 24.8. The number of H-pyrrole nitrogens is 1. The Bertz CT molecular complexity index is 700. The van der Waals surface area contributed by atoms with Gasteiger partial charge in [-0.15, -0.1) is 0 Å². The SMILES string of the molecule is CCn1cc(-n2cc(C#N)c(=O)[nH]c2=O)cn1. The number of rotatable bonds is 2. The Morgan fingerprint density at radius 2 is 2.24 bits per heavy atom. The van der Waals surface area contributed by atoms with E-state index < -0.39 is 11.2 Å². The molecule has 0 aliphatic rings. The molecule has 2 aromatic heterocycles. The molecule has 17 heavy (non-hydrogen) atoms. The molecule has 2 rings (SSSR count). The van der Waals surface area contributed by atoms with Crippen molar-refractivity contribution in [2.75, 3.05) is 0 Å². The lowest BCUT2D eigenvalue weighted by Gasteiger charge is -2.00. The Balaban J connectivity index is 2.64. The van der Waals surface area contributed by atoms with Gasteiger partial charge in [0.25, 0.3) is 5.56 Å². The monoisotopic (exact) mass is 231 g/mol. The van der Waals surface area contributed by atoms with Crippen molar-refractivity contribution >= 4 is 0 Å². The number of aromatic nitrogens is 4. The zero-order valence-electron chi connectivity index (χ0n) is 9.04. The largest absolute Gasteiger partial charge is 0.333 e. The molecule has 7 heteroatoms. The predicted molar refractivity (Wildman–Crippen MR) is 58.8 cm³/mol. The third-order valence-electron chi connectivity index (χ3n) is 2.28.